The van der Waals surface area contributed by atoms with Crippen molar-refractivity contribution in [3.63, 3.8) is 0 Å². The van der Waals surface area contributed by atoms with Gasteiger partial charge < -0.3 is 4.57 Å². The largest absolute Gasteiger partial charge is 0.340 e. The van der Waals surface area contributed by atoms with Gasteiger partial charge in [-0.2, -0.15) is 0 Å². The Labute approximate surface area is 149 Å². The Bertz CT molecular complexity index is 766. The van der Waals surface area contributed by atoms with Crippen LogP contribution in [-0.2, 0) is 19.4 Å². The van der Waals surface area contributed by atoms with Crippen LogP contribution in [0.15, 0.2) is 48.8 Å². The number of hydrogen-bond acceptors (Lipinski definition) is 1. The quantitative estimate of drug-likeness (QED) is 0.582. The van der Waals surface area contributed by atoms with Crippen molar-refractivity contribution < 1.29 is 0 Å². The van der Waals surface area contributed by atoms with Crippen molar-refractivity contribution in [3.05, 3.63) is 65.6 Å². The lowest BCUT2D eigenvalue weighted by molar-refractivity contribution is 0.687. The molecule has 4 rings (SSSR count). The first kappa shape index (κ1) is 17.8. The van der Waals surface area contributed by atoms with Crippen LogP contribution in [0.4, 0.5) is 0 Å². The molecule has 3 aromatic rings. The summed E-state index contributed by atoms with van der Waals surface area (Å²) in [5.74, 6) is 0. The van der Waals surface area contributed by atoms with Crippen molar-refractivity contribution in [1.29, 1.82) is 0 Å². The van der Waals surface area contributed by atoms with Crippen LogP contribution in [0, 0.1) is 0 Å². The van der Waals surface area contributed by atoms with Gasteiger partial charge in [-0.1, -0.05) is 24.6 Å². The maximum atomic E-state index is 4.13. The van der Waals surface area contributed by atoms with E-state index >= 15 is 0 Å². The van der Waals surface area contributed by atoms with Gasteiger partial charge in [0.05, 0.1) is 0 Å². The highest BCUT2D eigenvalue weighted by Gasteiger charge is 2.18. The van der Waals surface area contributed by atoms with E-state index in [0.29, 0.717) is 0 Å². The summed E-state index contributed by atoms with van der Waals surface area (Å²) in [6.45, 7) is 0.957. The van der Waals surface area contributed by atoms with Gasteiger partial charge in [0.2, 0.25) is 0 Å². The van der Waals surface area contributed by atoms with E-state index in [1.807, 2.05) is 12.4 Å². The molecule has 0 saturated heterocycles. The molecule has 2 nitrogen and oxygen atoms in total. The topological polar surface area (TPSA) is 17.8 Å². The highest BCUT2D eigenvalue weighted by Crippen LogP contribution is 2.31. The summed E-state index contributed by atoms with van der Waals surface area (Å²) in [4.78, 5) is 4.13. The number of pyridine rings is 1. The molecule has 122 valence electrons. The zero-order chi connectivity index (χ0) is 14.1. The Morgan fingerprint density at radius 1 is 0.870 bits per heavy atom. The molecule has 0 radical (unpaired) electrons. The number of halogens is 2. The van der Waals surface area contributed by atoms with Crippen LogP contribution in [-0.4, -0.2) is 9.55 Å². The molecule has 1 aromatic carbocycles. The molecule has 0 aliphatic heterocycles. The minimum Gasteiger partial charge on any atom is -0.340 e. The lowest BCUT2D eigenvalue weighted by atomic mass is 10.1. The second kappa shape index (κ2) is 7.85. The van der Waals surface area contributed by atoms with Crippen molar-refractivity contribution in [2.45, 2.75) is 38.6 Å². The molecule has 0 unspecified atom stereocenters. The molecule has 0 N–H and O–H groups in total. The molecule has 1 aliphatic rings. The number of rotatable bonds is 2. The average molecular weight is 349 g/mol. The van der Waals surface area contributed by atoms with Gasteiger partial charge in [-0.3, -0.25) is 4.98 Å². The van der Waals surface area contributed by atoms with Crippen LogP contribution in [0.5, 0.6) is 0 Å². The van der Waals surface area contributed by atoms with Gasteiger partial charge in [-0.15, -0.1) is 24.8 Å². The highest BCUT2D eigenvalue weighted by molar-refractivity contribution is 5.86. The molecule has 0 saturated carbocycles. The zero-order valence-electron chi connectivity index (χ0n) is 13.1. The van der Waals surface area contributed by atoms with Gasteiger partial charge in [0.1, 0.15) is 0 Å². The maximum Gasteiger partial charge on any atom is 0.0488 e. The summed E-state index contributed by atoms with van der Waals surface area (Å²) in [7, 11) is 0. The van der Waals surface area contributed by atoms with E-state index in [9.17, 15) is 0 Å². The summed E-state index contributed by atoms with van der Waals surface area (Å²) in [5, 5.41) is 1.46. The molecule has 2 heterocycles. The average Bonchev–Trinajstić information content (AvgIpc) is 2.69. The van der Waals surface area contributed by atoms with E-state index in [2.05, 4.69) is 45.9 Å². The van der Waals surface area contributed by atoms with Crippen molar-refractivity contribution in [1.82, 2.24) is 9.55 Å². The van der Waals surface area contributed by atoms with Crippen LogP contribution in [0.25, 0.3) is 10.9 Å². The third-order valence-electron chi connectivity index (χ3n) is 4.62. The van der Waals surface area contributed by atoms with Gasteiger partial charge in [-0.25, -0.2) is 0 Å². The van der Waals surface area contributed by atoms with E-state index in [-0.39, 0.29) is 24.8 Å². The van der Waals surface area contributed by atoms with Crippen molar-refractivity contribution in [2.75, 3.05) is 0 Å². The molecule has 1 aliphatic carbocycles. The zero-order valence-corrected chi connectivity index (χ0v) is 14.7. The van der Waals surface area contributed by atoms with Crippen LogP contribution < -0.4 is 0 Å². The predicted molar refractivity (Wildman–Crippen MR) is 101 cm³/mol. The normalized spacial score (nSPS) is 13.6. The second-order valence-electron chi connectivity index (χ2n) is 5.94. The van der Waals surface area contributed by atoms with E-state index in [0.717, 1.165) is 6.54 Å². The molecule has 0 bridgehead atoms. The Hall–Kier alpha value is -1.51. The third-order valence-corrected chi connectivity index (χ3v) is 4.62. The summed E-state index contributed by atoms with van der Waals surface area (Å²) in [5.41, 5.74) is 5.88. The first-order valence-corrected chi connectivity index (χ1v) is 7.91. The van der Waals surface area contributed by atoms with Crippen molar-refractivity contribution >= 4 is 35.7 Å². The standard InChI is InChI=1S/C19H20N2.2ClH/c1-2-6-16-17-7-4-5-9-19(17)21(18(16)8-3-1)14-15-10-12-20-13-11-15;;/h4-5,7,9-13H,1-3,6,8,14H2;2*1H. The van der Waals surface area contributed by atoms with Gasteiger partial charge in [0, 0.05) is 35.5 Å². The first-order valence-electron chi connectivity index (χ1n) is 7.91. The van der Waals surface area contributed by atoms with Gasteiger partial charge in [0.15, 0.2) is 0 Å². The molecule has 2 aromatic heterocycles. The number of hydrogen-bond donors (Lipinski definition) is 0. The van der Waals surface area contributed by atoms with Gasteiger partial charge in [-0.05, 0) is 55.0 Å². The van der Waals surface area contributed by atoms with Crippen molar-refractivity contribution in [3.8, 4) is 0 Å². The van der Waals surface area contributed by atoms with Gasteiger partial charge in [0.25, 0.3) is 0 Å². The number of benzene rings is 1. The fourth-order valence-electron chi connectivity index (χ4n) is 3.62. The second-order valence-corrected chi connectivity index (χ2v) is 5.94. The summed E-state index contributed by atoms with van der Waals surface area (Å²) in [6, 6.07) is 13.1. The fraction of sp³-hybridized carbons (Fsp3) is 0.316. The fourth-order valence-corrected chi connectivity index (χ4v) is 3.62. The smallest absolute Gasteiger partial charge is 0.0488 e. The maximum absolute atomic E-state index is 4.13. The Morgan fingerprint density at radius 2 is 1.61 bits per heavy atom. The summed E-state index contributed by atoms with van der Waals surface area (Å²) in [6.07, 6.45) is 10.2. The number of aromatic nitrogens is 2. The van der Waals surface area contributed by atoms with E-state index < -0.39 is 0 Å². The Balaban J connectivity index is 0.000000960. The third kappa shape index (κ3) is 3.39. The minimum atomic E-state index is 0. The molecule has 0 spiro atoms. The summed E-state index contributed by atoms with van der Waals surface area (Å²) >= 11 is 0. The molecule has 4 heteroatoms. The summed E-state index contributed by atoms with van der Waals surface area (Å²) < 4.78 is 2.53. The lowest BCUT2D eigenvalue weighted by Crippen LogP contribution is -2.05. The van der Waals surface area contributed by atoms with Crippen LogP contribution in [0.1, 0.15) is 36.1 Å². The van der Waals surface area contributed by atoms with Crippen LogP contribution in [0.3, 0.4) is 0 Å². The molecule has 23 heavy (non-hydrogen) atoms. The number of aryl methyl sites for hydroxylation is 1. The number of fused-ring (bicyclic) bond motifs is 3. The highest BCUT2D eigenvalue weighted by atomic mass is 35.5. The molecule has 0 atom stereocenters. The number of para-hydroxylation sites is 1. The van der Waals surface area contributed by atoms with E-state index in [4.69, 9.17) is 0 Å². The van der Waals surface area contributed by atoms with Gasteiger partial charge >= 0.3 is 0 Å². The molecular formula is C19H22Cl2N2. The molecule has 0 amide bonds. The molecule has 0 fully saturated rings. The van der Waals surface area contributed by atoms with E-state index in [1.165, 1.54) is 48.6 Å². The minimum absolute atomic E-state index is 0. The van der Waals surface area contributed by atoms with E-state index in [1.54, 1.807) is 11.3 Å². The Kier molecular flexibility index (Phi) is 6.09. The predicted octanol–water partition coefficient (Wildman–Crippen LogP) is 5.20. The Morgan fingerprint density at radius 3 is 2.43 bits per heavy atom. The SMILES string of the molecule is Cl.Cl.c1ccc2c(c1)c1c(n2Cc2ccncc2)CCCCC1. The molecular weight excluding hydrogens is 327 g/mol. The lowest BCUT2D eigenvalue weighted by Gasteiger charge is -2.11. The number of nitrogens with zero attached hydrogens (tertiary/aromatic N) is 2. The van der Waals surface area contributed by atoms with Crippen molar-refractivity contribution in [2.24, 2.45) is 0 Å². The monoisotopic (exact) mass is 348 g/mol. The van der Waals surface area contributed by atoms with Crippen LogP contribution in [0.2, 0.25) is 0 Å². The first-order chi connectivity index (χ1) is 10.4. The van der Waals surface area contributed by atoms with Crippen LogP contribution >= 0.6 is 24.8 Å².